The number of nitrogens with one attached hydrogen (secondary N) is 2. The van der Waals surface area contributed by atoms with E-state index in [0.29, 0.717) is 23.4 Å². The van der Waals surface area contributed by atoms with Crippen LogP contribution in [0.25, 0.3) is 0 Å². The Hall–Kier alpha value is -1.88. The van der Waals surface area contributed by atoms with Crippen LogP contribution < -0.4 is 10.3 Å². The van der Waals surface area contributed by atoms with Gasteiger partial charge in [-0.1, -0.05) is 50.8 Å². The molecule has 130 valence electrons. The summed E-state index contributed by atoms with van der Waals surface area (Å²) in [6.45, 7) is 4.80. The van der Waals surface area contributed by atoms with Gasteiger partial charge in [0, 0.05) is 17.7 Å². The number of unbranched alkanes of at least 4 members (excludes halogenated alkanes) is 4. The van der Waals surface area contributed by atoms with Crippen molar-refractivity contribution in [1.82, 2.24) is 9.97 Å². The second kappa shape index (κ2) is 9.42. The van der Waals surface area contributed by atoms with Gasteiger partial charge in [-0.3, -0.25) is 9.78 Å². The zero-order valence-corrected chi connectivity index (χ0v) is 15.3. The fourth-order valence-corrected chi connectivity index (χ4v) is 2.95. The third kappa shape index (κ3) is 5.34. The molecular formula is C19H26N2O2S. The Bertz CT molecular complexity index is 764. The molecule has 0 saturated heterocycles. The Morgan fingerprint density at radius 2 is 1.83 bits per heavy atom. The number of hydrogen-bond acceptors (Lipinski definition) is 3. The minimum atomic E-state index is -0.134. The highest BCUT2D eigenvalue weighted by molar-refractivity contribution is 7.71. The molecule has 5 heteroatoms. The van der Waals surface area contributed by atoms with Crippen LogP contribution in [0.3, 0.4) is 0 Å². The molecule has 0 aliphatic rings. The van der Waals surface area contributed by atoms with Crippen LogP contribution in [-0.4, -0.2) is 16.6 Å². The highest BCUT2D eigenvalue weighted by atomic mass is 32.1. The molecule has 0 atom stereocenters. The molecule has 1 aromatic heterocycles. The molecule has 2 N–H and O–H groups in total. The Kier molecular flexibility index (Phi) is 7.25. The van der Waals surface area contributed by atoms with Gasteiger partial charge in [0.15, 0.2) is 4.77 Å². The Morgan fingerprint density at radius 3 is 2.58 bits per heavy atom. The van der Waals surface area contributed by atoms with Gasteiger partial charge in [0.25, 0.3) is 5.56 Å². The van der Waals surface area contributed by atoms with E-state index < -0.39 is 0 Å². The highest BCUT2D eigenvalue weighted by Crippen LogP contribution is 2.21. The fourth-order valence-electron chi connectivity index (χ4n) is 2.71. The largest absolute Gasteiger partial charge is 0.493 e. The molecule has 0 unspecified atom stereocenters. The van der Waals surface area contributed by atoms with E-state index in [2.05, 4.69) is 16.9 Å². The summed E-state index contributed by atoms with van der Waals surface area (Å²) in [5.41, 5.74) is 2.39. The number of benzene rings is 1. The van der Waals surface area contributed by atoms with Crippen LogP contribution in [0.2, 0.25) is 0 Å². The van der Waals surface area contributed by atoms with Crippen molar-refractivity contribution in [2.75, 3.05) is 6.61 Å². The molecule has 0 aliphatic carbocycles. The summed E-state index contributed by atoms with van der Waals surface area (Å²) in [4.78, 5) is 17.8. The first-order chi connectivity index (χ1) is 11.6. The lowest BCUT2D eigenvalue weighted by Crippen LogP contribution is -2.17. The Morgan fingerprint density at radius 1 is 1.08 bits per heavy atom. The van der Waals surface area contributed by atoms with E-state index in [1.807, 2.05) is 31.2 Å². The minimum absolute atomic E-state index is 0.134. The summed E-state index contributed by atoms with van der Waals surface area (Å²) in [6, 6.07) is 7.91. The summed E-state index contributed by atoms with van der Waals surface area (Å²) in [5.74, 6) is 0.856. The number of aromatic amines is 2. The van der Waals surface area contributed by atoms with Gasteiger partial charge in [0.1, 0.15) is 5.75 Å². The van der Waals surface area contributed by atoms with Crippen molar-refractivity contribution in [3.05, 3.63) is 56.2 Å². The summed E-state index contributed by atoms with van der Waals surface area (Å²) in [6.07, 6.45) is 6.58. The molecule has 1 aromatic carbocycles. The van der Waals surface area contributed by atoms with Gasteiger partial charge >= 0.3 is 0 Å². The molecule has 0 spiro atoms. The van der Waals surface area contributed by atoms with Gasteiger partial charge < -0.3 is 9.72 Å². The second-order valence-corrected chi connectivity index (χ2v) is 6.47. The summed E-state index contributed by atoms with van der Waals surface area (Å²) < 4.78 is 6.31. The van der Waals surface area contributed by atoms with Crippen molar-refractivity contribution in [2.24, 2.45) is 0 Å². The molecule has 1 heterocycles. The third-order valence-corrected chi connectivity index (χ3v) is 4.30. The standard InChI is InChI=1S/C19H26N2O2S/c1-3-4-5-6-9-12-23-17-11-8-7-10-15(17)13-16-14(2)20-19(24)21-18(16)22/h7-8,10-11H,3-6,9,12-13H2,1-2H3,(H2,20,21,22,24). The highest BCUT2D eigenvalue weighted by Gasteiger charge is 2.10. The third-order valence-electron chi connectivity index (χ3n) is 4.10. The molecular weight excluding hydrogens is 320 g/mol. The number of para-hydroxylation sites is 1. The maximum absolute atomic E-state index is 12.2. The second-order valence-electron chi connectivity index (χ2n) is 6.06. The van der Waals surface area contributed by atoms with Crippen LogP contribution in [0.5, 0.6) is 5.75 Å². The predicted octanol–water partition coefficient (Wildman–Crippen LogP) is 4.68. The van der Waals surface area contributed by atoms with E-state index in [4.69, 9.17) is 17.0 Å². The van der Waals surface area contributed by atoms with Crippen LogP contribution in [0.4, 0.5) is 0 Å². The van der Waals surface area contributed by atoms with Crippen molar-refractivity contribution in [2.45, 2.75) is 52.4 Å². The van der Waals surface area contributed by atoms with E-state index >= 15 is 0 Å². The SMILES string of the molecule is CCCCCCCOc1ccccc1Cc1c(C)[nH]c(=S)[nH]c1=O. The number of aromatic nitrogens is 2. The van der Waals surface area contributed by atoms with Gasteiger partial charge in [-0.25, -0.2) is 0 Å². The quantitative estimate of drug-likeness (QED) is 0.512. The van der Waals surface area contributed by atoms with Crippen molar-refractivity contribution < 1.29 is 4.74 Å². The van der Waals surface area contributed by atoms with Crippen LogP contribution in [0.1, 0.15) is 55.8 Å². The van der Waals surface area contributed by atoms with Crippen molar-refractivity contribution in [3.63, 3.8) is 0 Å². The first kappa shape index (κ1) is 18.5. The van der Waals surface area contributed by atoms with E-state index in [0.717, 1.165) is 23.4 Å². The predicted molar refractivity (Wildman–Crippen MR) is 100 cm³/mol. The fraction of sp³-hybridized carbons (Fsp3) is 0.474. The molecule has 2 rings (SSSR count). The summed E-state index contributed by atoms with van der Waals surface area (Å²) in [7, 11) is 0. The molecule has 0 radical (unpaired) electrons. The van der Waals surface area contributed by atoms with Crippen LogP contribution >= 0.6 is 12.2 Å². The summed E-state index contributed by atoms with van der Waals surface area (Å²) >= 11 is 5.00. The first-order valence-electron chi connectivity index (χ1n) is 8.64. The topological polar surface area (TPSA) is 57.9 Å². The molecule has 0 bridgehead atoms. The maximum Gasteiger partial charge on any atom is 0.255 e. The number of ether oxygens (including phenoxy) is 1. The van der Waals surface area contributed by atoms with Gasteiger partial charge in [0.2, 0.25) is 0 Å². The molecule has 24 heavy (non-hydrogen) atoms. The maximum atomic E-state index is 12.2. The van der Waals surface area contributed by atoms with Gasteiger partial charge in [-0.15, -0.1) is 0 Å². The van der Waals surface area contributed by atoms with Crippen LogP contribution in [0.15, 0.2) is 29.1 Å². The Balaban J connectivity index is 2.04. The zero-order valence-electron chi connectivity index (χ0n) is 14.5. The molecule has 2 aromatic rings. The molecule has 0 aliphatic heterocycles. The molecule has 4 nitrogen and oxygen atoms in total. The van der Waals surface area contributed by atoms with Crippen LogP contribution in [0, 0.1) is 11.7 Å². The van der Waals surface area contributed by atoms with Gasteiger partial charge in [-0.05, 0) is 37.2 Å². The number of hydrogen-bond donors (Lipinski definition) is 2. The first-order valence-corrected chi connectivity index (χ1v) is 9.05. The molecule has 0 amide bonds. The molecule has 0 saturated carbocycles. The lowest BCUT2D eigenvalue weighted by atomic mass is 10.0. The lowest BCUT2D eigenvalue weighted by Gasteiger charge is -2.12. The average molecular weight is 346 g/mol. The van der Waals surface area contributed by atoms with Crippen molar-refractivity contribution in [1.29, 1.82) is 0 Å². The van der Waals surface area contributed by atoms with E-state index in [-0.39, 0.29) is 5.56 Å². The van der Waals surface area contributed by atoms with E-state index in [9.17, 15) is 4.79 Å². The van der Waals surface area contributed by atoms with Gasteiger partial charge in [-0.2, -0.15) is 0 Å². The average Bonchev–Trinajstić information content (AvgIpc) is 2.55. The van der Waals surface area contributed by atoms with Crippen molar-refractivity contribution >= 4 is 12.2 Å². The van der Waals surface area contributed by atoms with Crippen molar-refractivity contribution in [3.8, 4) is 5.75 Å². The van der Waals surface area contributed by atoms with Gasteiger partial charge in [0.05, 0.1) is 6.61 Å². The normalized spacial score (nSPS) is 10.8. The van der Waals surface area contributed by atoms with Crippen LogP contribution in [-0.2, 0) is 6.42 Å². The van der Waals surface area contributed by atoms with E-state index in [1.54, 1.807) is 0 Å². The number of aryl methyl sites for hydroxylation is 1. The Labute approximate surface area is 148 Å². The minimum Gasteiger partial charge on any atom is -0.493 e. The smallest absolute Gasteiger partial charge is 0.255 e. The number of H-pyrrole nitrogens is 2. The monoisotopic (exact) mass is 346 g/mol. The lowest BCUT2D eigenvalue weighted by molar-refractivity contribution is 0.302. The zero-order chi connectivity index (χ0) is 17.4. The number of rotatable bonds is 9. The summed E-state index contributed by atoms with van der Waals surface area (Å²) in [5, 5.41) is 0. The van der Waals surface area contributed by atoms with E-state index in [1.165, 1.54) is 25.7 Å². The molecule has 0 fully saturated rings.